The molecule has 18 heavy (non-hydrogen) atoms. The molecule has 0 aliphatic carbocycles. The van der Waals surface area contributed by atoms with E-state index in [2.05, 4.69) is 5.10 Å². The molecule has 2 rings (SSSR count). The van der Waals surface area contributed by atoms with Crippen LogP contribution in [0.3, 0.4) is 0 Å². The van der Waals surface area contributed by atoms with Crippen LogP contribution in [-0.4, -0.2) is 22.9 Å². The number of benzene rings is 1. The first-order chi connectivity index (χ1) is 8.28. The van der Waals surface area contributed by atoms with Gasteiger partial charge in [0, 0.05) is 11.6 Å². The Morgan fingerprint density at radius 1 is 1.39 bits per heavy atom. The van der Waals surface area contributed by atoms with Crippen LogP contribution < -0.4 is 10.5 Å². The molecule has 0 bridgehead atoms. The number of hydrogen-bond acceptors (Lipinski definition) is 3. The van der Waals surface area contributed by atoms with E-state index in [1.807, 2.05) is 30.5 Å². The molecule has 4 nitrogen and oxygen atoms in total. The van der Waals surface area contributed by atoms with Crippen molar-refractivity contribution in [3.05, 3.63) is 47.2 Å². The summed E-state index contributed by atoms with van der Waals surface area (Å²) in [7, 11) is 0. The number of ether oxygens (including phenoxy) is 1. The van der Waals surface area contributed by atoms with E-state index < -0.39 is 0 Å². The molecular weight excluding hydrogens is 273 g/mol. The molecule has 0 aliphatic rings. The molecule has 1 aromatic carbocycles. The fraction of sp³-hybridized carbons (Fsp3) is 0.250. The normalized spacial score (nSPS) is 9.89. The molecule has 0 unspecified atom stereocenters. The van der Waals surface area contributed by atoms with Crippen LogP contribution in [0.25, 0.3) is 0 Å². The van der Waals surface area contributed by atoms with Gasteiger partial charge < -0.3 is 10.5 Å². The van der Waals surface area contributed by atoms with Gasteiger partial charge >= 0.3 is 0 Å². The quantitative estimate of drug-likeness (QED) is 0.918. The highest BCUT2D eigenvalue weighted by Crippen LogP contribution is 2.13. The fourth-order valence-electron chi connectivity index (χ4n) is 1.50. The molecule has 0 saturated heterocycles. The second kappa shape index (κ2) is 7.26. The Balaban J connectivity index is 0.00000162. The number of nitrogens with zero attached hydrogens (tertiary/aromatic N) is 2. The average molecular weight is 288 g/mol. The summed E-state index contributed by atoms with van der Waals surface area (Å²) in [6.07, 6.45) is 3.52. The van der Waals surface area contributed by atoms with Gasteiger partial charge in [-0.3, -0.25) is 4.68 Å². The Labute approximate surface area is 117 Å². The summed E-state index contributed by atoms with van der Waals surface area (Å²) in [5.74, 6) is 0.734. The lowest BCUT2D eigenvalue weighted by molar-refractivity contribution is 0.328. The third-order valence-electron chi connectivity index (χ3n) is 2.23. The molecule has 2 N–H and O–H groups in total. The smallest absolute Gasteiger partial charge is 0.157 e. The van der Waals surface area contributed by atoms with Gasteiger partial charge in [-0.1, -0.05) is 23.7 Å². The zero-order valence-electron chi connectivity index (χ0n) is 9.75. The predicted octanol–water partition coefficient (Wildman–Crippen LogP) is 2.34. The Kier molecular flexibility index (Phi) is 5.98. The maximum atomic E-state index is 5.92. The Hall–Kier alpha value is -1.23. The zero-order chi connectivity index (χ0) is 12.1. The minimum atomic E-state index is 0. The van der Waals surface area contributed by atoms with E-state index in [-0.39, 0.29) is 12.4 Å². The van der Waals surface area contributed by atoms with Gasteiger partial charge in [-0.15, -0.1) is 12.4 Å². The third kappa shape index (κ3) is 4.22. The highest BCUT2D eigenvalue weighted by Gasteiger charge is 2.00. The van der Waals surface area contributed by atoms with Crippen LogP contribution >= 0.6 is 24.0 Å². The summed E-state index contributed by atoms with van der Waals surface area (Å²) >= 11 is 5.92. The minimum absolute atomic E-state index is 0. The standard InChI is InChI=1S/C12H14ClN3O.ClH/c13-11-3-1-2-10(6-11)8-16-9-12(7-15-16)17-5-4-14;/h1-3,6-7,9H,4-5,8,14H2;1H. The van der Waals surface area contributed by atoms with Crippen molar-refractivity contribution in [3.8, 4) is 5.75 Å². The summed E-state index contributed by atoms with van der Waals surface area (Å²) in [6, 6.07) is 7.70. The van der Waals surface area contributed by atoms with Crippen molar-refractivity contribution in [1.82, 2.24) is 9.78 Å². The number of aromatic nitrogens is 2. The highest BCUT2D eigenvalue weighted by atomic mass is 35.5. The van der Waals surface area contributed by atoms with Crippen molar-refractivity contribution in [2.24, 2.45) is 5.73 Å². The van der Waals surface area contributed by atoms with Gasteiger partial charge in [0.05, 0.1) is 18.9 Å². The summed E-state index contributed by atoms with van der Waals surface area (Å²) in [5, 5.41) is 4.93. The van der Waals surface area contributed by atoms with E-state index in [1.165, 1.54) is 0 Å². The van der Waals surface area contributed by atoms with Gasteiger partial charge in [-0.2, -0.15) is 5.10 Å². The minimum Gasteiger partial charge on any atom is -0.489 e. The van der Waals surface area contributed by atoms with Crippen LogP contribution in [0, 0.1) is 0 Å². The Morgan fingerprint density at radius 3 is 2.94 bits per heavy atom. The van der Waals surface area contributed by atoms with Crippen LogP contribution in [-0.2, 0) is 6.54 Å². The first-order valence-electron chi connectivity index (χ1n) is 5.37. The fourth-order valence-corrected chi connectivity index (χ4v) is 1.72. The Bertz CT molecular complexity index is 488. The van der Waals surface area contributed by atoms with Gasteiger partial charge in [0.2, 0.25) is 0 Å². The molecule has 0 saturated carbocycles. The molecule has 0 spiro atoms. The molecule has 0 amide bonds. The number of halogens is 2. The lowest BCUT2D eigenvalue weighted by Gasteiger charge is -2.02. The van der Waals surface area contributed by atoms with Crippen molar-refractivity contribution in [1.29, 1.82) is 0 Å². The molecule has 1 heterocycles. The van der Waals surface area contributed by atoms with Crippen LogP contribution in [0.2, 0.25) is 5.02 Å². The third-order valence-corrected chi connectivity index (χ3v) is 2.46. The number of nitrogens with two attached hydrogens (primary N) is 1. The van der Waals surface area contributed by atoms with Crippen molar-refractivity contribution in [3.63, 3.8) is 0 Å². The topological polar surface area (TPSA) is 53.1 Å². The van der Waals surface area contributed by atoms with Crippen molar-refractivity contribution < 1.29 is 4.74 Å². The van der Waals surface area contributed by atoms with Gasteiger partial charge in [0.1, 0.15) is 6.61 Å². The van der Waals surface area contributed by atoms with E-state index in [4.69, 9.17) is 22.1 Å². The highest BCUT2D eigenvalue weighted by molar-refractivity contribution is 6.30. The molecule has 2 aromatic rings. The second-order valence-corrected chi connectivity index (χ2v) is 4.08. The summed E-state index contributed by atoms with van der Waals surface area (Å²) in [5.41, 5.74) is 6.46. The molecule has 0 aliphatic heterocycles. The van der Waals surface area contributed by atoms with Crippen LogP contribution in [0.1, 0.15) is 5.56 Å². The Morgan fingerprint density at radius 2 is 2.22 bits per heavy atom. The van der Waals surface area contributed by atoms with Crippen LogP contribution in [0.4, 0.5) is 0 Å². The summed E-state index contributed by atoms with van der Waals surface area (Å²) in [6.45, 7) is 1.68. The molecule has 1 aromatic heterocycles. The maximum Gasteiger partial charge on any atom is 0.157 e. The lowest BCUT2D eigenvalue weighted by Crippen LogP contribution is -2.10. The predicted molar refractivity (Wildman–Crippen MR) is 74.6 cm³/mol. The molecule has 98 valence electrons. The van der Waals surface area contributed by atoms with Crippen molar-refractivity contribution in [2.75, 3.05) is 13.2 Å². The van der Waals surface area contributed by atoms with E-state index in [9.17, 15) is 0 Å². The van der Waals surface area contributed by atoms with Crippen LogP contribution in [0.5, 0.6) is 5.75 Å². The number of rotatable bonds is 5. The van der Waals surface area contributed by atoms with E-state index in [1.54, 1.807) is 10.9 Å². The van der Waals surface area contributed by atoms with Gasteiger partial charge in [0.25, 0.3) is 0 Å². The van der Waals surface area contributed by atoms with E-state index in [0.717, 1.165) is 16.3 Å². The monoisotopic (exact) mass is 287 g/mol. The van der Waals surface area contributed by atoms with Gasteiger partial charge in [-0.05, 0) is 17.7 Å². The van der Waals surface area contributed by atoms with E-state index >= 15 is 0 Å². The molecule has 6 heteroatoms. The average Bonchev–Trinajstić information content (AvgIpc) is 2.74. The number of hydrogen-bond donors (Lipinski definition) is 1. The maximum absolute atomic E-state index is 5.92. The molecule has 0 fully saturated rings. The SMILES string of the molecule is Cl.NCCOc1cnn(Cc2cccc(Cl)c2)c1. The largest absolute Gasteiger partial charge is 0.489 e. The first-order valence-corrected chi connectivity index (χ1v) is 5.75. The summed E-state index contributed by atoms with van der Waals surface area (Å²) < 4.78 is 7.17. The van der Waals surface area contributed by atoms with Crippen molar-refractivity contribution >= 4 is 24.0 Å². The van der Waals surface area contributed by atoms with Gasteiger partial charge in [0.15, 0.2) is 5.75 Å². The molecule has 0 atom stereocenters. The molecule has 0 radical (unpaired) electrons. The lowest BCUT2D eigenvalue weighted by atomic mass is 10.2. The van der Waals surface area contributed by atoms with Crippen molar-refractivity contribution in [2.45, 2.75) is 6.54 Å². The van der Waals surface area contributed by atoms with Crippen LogP contribution in [0.15, 0.2) is 36.7 Å². The molecular formula is C12H15Cl2N3O. The second-order valence-electron chi connectivity index (χ2n) is 3.64. The van der Waals surface area contributed by atoms with Gasteiger partial charge in [-0.25, -0.2) is 0 Å². The first kappa shape index (κ1) is 14.8. The van der Waals surface area contributed by atoms with E-state index in [0.29, 0.717) is 19.7 Å². The summed E-state index contributed by atoms with van der Waals surface area (Å²) in [4.78, 5) is 0. The zero-order valence-corrected chi connectivity index (χ0v) is 11.3.